The highest BCUT2D eigenvalue weighted by molar-refractivity contribution is 5.71. The summed E-state index contributed by atoms with van der Waals surface area (Å²) < 4.78 is 40.6. The van der Waals surface area contributed by atoms with Crippen molar-refractivity contribution in [3.63, 3.8) is 0 Å². The van der Waals surface area contributed by atoms with Gasteiger partial charge in [0.05, 0.1) is 25.7 Å². The number of benzene rings is 3. The van der Waals surface area contributed by atoms with Crippen molar-refractivity contribution in [1.29, 1.82) is 0 Å². The number of aliphatic hydroxyl groups is 2. The van der Waals surface area contributed by atoms with Crippen LogP contribution >= 0.6 is 0 Å². The van der Waals surface area contributed by atoms with Crippen molar-refractivity contribution >= 4 is 5.97 Å². The lowest BCUT2D eigenvalue weighted by molar-refractivity contribution is -0.139. The molecule has 0 bridgehead atoms. The number of rotatable bonds is 10. The first kappa shape index (κ1) is 25.6. The second-order valence-electron chi connectivity index (χ2n) is 9.39. The Hall–Kier alpha value is -3.49. The number of aliphatic carboxylic acids is 1. The van der Waals surface area contributed by atoms with Crippen LogP contribution in [0.2, 0.25) is 0 Å². The predicted octanol–water partition coefficient (Wildman–Crippen LogP) is 5.56. The van der Waals surface area contributed by atoms with Crippen molar-refractivity contribution < 1.29 is 38.4 Å². The van der Waals surface area contributed by atoms with Gasteiger partial charge in [-0.25, -0.2) is 8.78 Å². The third kappa shape index (κ3) is 5.34. The average molecular weight is 499 g/mol. The molecule has 1 aliphatic carbocycles. The van der Waals surface area contributed by atoms with Gasteiger partial charge in [-0.2, -0.15) is 0 Å². The topological polar surface area (TPSA) is 96.2 Å². The summed E-state index contributed by atoms with van der Waals surface area (Å²) in [7, 11) is 1.49. The summed E-state index contributed by atoms with van der Waals surface area (Å²) in [5.41, 5.74) is 1.50. The van der Waals surface area contributed by atoms with Gasteiger partial charge in [-0.1, -0.05) is 31.2 Å². The largest absolute Gasteiger partial charge is 0.497 e. The number of carboxylic acids is 1. The van der Waals surface area contributed by atoms with Gasteiger partial charge in [0.1, 0.15) is 18.2 Å². The Balaban J connectivity index is 1.64. The minimum absolute atomic E-state index is 0.0628. The fourth-order valence-corrected chi connectivity index (χ4v) is 4.19. The number of halogens is 2. The fourth-order valence-electron chi connectivity index (χ4n) is 4.19. The van der Waals surface area contributed by atoms with E-state index in [1.54, 1.807) is 24.3 Å². The number of methoxy groups -OCH3 is 1. The van der Waals surface area contributed by atoms with Crippen LogP contribution in [0, 0.1) is 17.0 Å². The maximum absolute atomic E-state index is 14.9. The molecule has 0 radical (unpaired) electrons. The molecule has 0 aliphatic heterocycles. The lowest BCUT2D eigenvalue weighted by Crippen LogP contribution is -2.12. The molecule has 1 aliphatic rings. The van der Waals surface area contributed by atoms with Crippen LogP contribution in [0.5, 0.6) is 11.5 Å². The highest BCUT2D eigenvalue weighted by Gasteiger charge is 2.45. The van der Waals surface area contributed by atoms with Gasteiger partial charge in [0.25, 0.3) is 0 Å². The Bertz CT molecular complexity index is 1270. The number of carbonyl (C=O) groups is 1. The normalized spacial score (nSPS) is 15.7. The minimum Gasteiger partial charge on any atom is -0.497 e. The molecule has 0 unspecified atom stereocenters. The summed E-state index contributed by atoms with van der Waals surface area (Å²) in [5.74, 6) is -2.20. The number of hydrogen-bond donors (Lipinski definition) is 3. The molecule has 0 aromatic heterocycles. The first-order valence-electron chi connectivity index (χ1n) is 11.6. The molecular weight excluding hydrogens is 470 g/mol. The summed E-state index contributed by atoms with van der Waals surface area (Å²) in [6.45, 7) is 1.91. The quantitative estimate of drug-likeness (QED) is 0.339. The summed E-state index contributed by atoms with van der Waals surface area (Å²) in [6, 6.07) is 13.7. The second-order valence-corrected chi connectivity index (χ2v) is 9.39. The number of ether oxygens (including phenoxy) is 2. The Labute approximate surface area is 207 Å². The standard InChI is InChI=1S/C28H28F2O6/c1-28(10-11-28)27(34)21-12-16(6-8-18(21)20-13-17(35-2)7-9-22(20)29)15-36-24-5-3-4-19(26(24)30)23(31)14-25(32)33/h3-9,12-13,23,27,31,34H,10-11,14-15H2,1-2H3,(H,32,33)/t23-,27-/m1/s1. The van der Waals surface area contributed by atoms with Crippen LogP contribution in [0.25, 0.3) is 11.1 Å². The van der Waals surface area contributed by atoms with E-state index in [0.717, 1.165) is 12.8 Å². The van der Waals surface area contributed by atoms with Crippen molar-refractivity contribution in [2.75, 3.05) is 7.11 Å². The van der Waals surface area contributed by atoms with Crippen molar-refractivity contribution in [3.05, 3.63) is 82.9 Å². The van der Waals surface area contributed by atoms with E-state index in [2.05, 4.69) is 0 Å². The molecule has 3 aromatic carbocycles. The van der Waals surface area contributed by atoms with E-state index in [1.165, 1.54) is 37.4 Å². The maximum atomic E-state index is 14.9. The Morgan fingerprint density at radius 2 is 1.78 bits per heavy atom. The Morgan fingerprint density at radius 1 is 1.03 bits per heavy atom. The molecule has 1 saturated carbocycles. The van der Waals surface area contributed by atoms with E-state index in [4.69, 9.17) is 14.6 Å². The maximum Gasteiger partial charge on any atom is 0.306 e. The first-order valence-corrected chi connectivity index (χ1v) is 11.6. The van der Waals surface area contributed by atoms with Crippen LogP contribution < -0.4 is 9.47 Å². The molecule has 0 heterocycles. The zero-order valence-corrected chi connectivity index (χ0v) is 20.0. The molecule has 3 N–H and O–H groups in total. The molecule has 6 nitrogen and oxygen atoms in total. The number of hydrogen-bond acceptors (Lipinski definition) is 5. The van der Waals surface area contributed by atoms with Crippen molar-refractivity contribution in [3.8, 4) is 22.6 Å². The summed E-state index contributed by atoms with van der Waals surface area (Å²) in [4.78, 5) is 10.9. The van der Waals surface area contributed by atoms with Gasteiger partial charge in [-0.05, 0) is 65.3 Å². The summed E-state index contributed by atoms with van der Waals surface area (Å²) in [6.07, 6.45) is -1.31. The van der Waals surface area contributed by atoms with Crippen LogP contribution in [0.4, 0.5) is 8.78 Å². The lowest BCUT2D eigenvalue weighted by atomic mass is 9.87. The number of aliphatic hydroxyl groups excluding tert-OH is 2. The highest BCUT2D eigenvalue weighted by atomic mass is 19.1. The van der Waals surface area contributed by atoms with E-state index >= 15 is 0 Å². The molecular formula is C28H28F2O6. The van der Waals surface area contributed by atoms with E-state index in [1.807, 2.05) is 6.92 Å². The molecule has 36 heavy (non-hydrogen) atoms. The molecule has 3 aromatic rings. The minimum atomic E-state index is -1.51. The predicted molar refractivity (Wildman–Crippen MR) is 129 cm³/mol. The van der Waals surface area contributed by atoms with Crippen LogP contribution in [-0.4, -0.2) is 28.4 Å². The van der Waals surface area contributed by atoms with Gasteiger partial charge in [-0.15, -0.1) is 0 Å². The molecule has 0 saturated heterocycles. The van der Waals surface area contributed by atoms with E-state index in [0.29, 0.717) is 28.0 Å². The van der Waals surface area contributed by atoms with E-state index < -0.39 is 36.2 Å². The first-order chi connectivity index (χ1) is 17.1. The van der Waals surface area contributed by atoms with Crippen LogP contribution in [-0.2, 0) is 11.4 Å². The van der Waals surface area contributed by atoms with Gasteiger partial charge in [0.2, 0.25) is 0 Å². The second kappa shape index (κ2) is 10.2. The van der Waals surface area contributed by atoms with Crippen molar-refractivity contribution in [1.82, 2.24) is 0 Å². The molecule has 2 atom stereocenters. The monoisotopic (exact) mass is 498 g/mol. The zero-order valence-electron chi connectivity index (χ0n) is 20.0. The van der Waals surface area contributed by atoms with Crippen LogP contribution in [0.1, 0.15) is 55.1 Å². The molecule has 1 fully saturated rings. The number of carboxylic acid groups (broad SMARTS) is 1. The average Bonchev–Trinajstić information content (AvgIpc) is 3.61. The molecule has 0 spiro atoms. The third-order valence-corrected chi connectivity index (χ3v) is 6.69. The zero-order chi connectivity index (χ0) is 26.0. The Kier molecular flexibility index (Phi) is 7.28. The van der Waals surface area contributed by atoms with E-state index in [-0.39, 0.29) is 23.3 Å². The molecule has 190 valence electrons. The lowest BCUT2D eigenvalue weighted by Gasteiger charge is -2.23. The third-order valence-electron chi connectivity index (χ3n) is 6.69. The smallest absolute Gasteiger partial charge is 0.306 e. The van der Waals surface area contributed by atoms with E-state index in [9.17, 15) is 23.8 Å². The van der Waals surface area contributed by atoms with Gasteiger partial charge >= 0.3 is 5.97 Å². The molecule has 8 heteroatoms. The summed E-state index contributed by atoms with van der Waals surface area (Å²) >= 11 is 0. The SMILES string of the molecule is COc1ccc(F)c(-c2ccc(COc3cccc([C@H](O)CC(=O)O)c3F)cc2[C@@H](O)C2(C)CC2)c1. The van der Waals surface area contributed by atoms with Gasteiger partial charge in [0.15, 0.2) is 11.6 Å². The van der Waals surface area contributed by atoms with Crippen LogP contribution in [0.15, 0.2) is 54.6 Å². The Morgan fingerprint density at radius 3 is 2.44 bits per heavy atom. The van der Waals surface area contributed by atoms with Crippen molar-refractivity contribution in [2.24, 2.45) is 5.41 Å². The van der Waals surface area contributed by atoms with Crippen LogP contribution in [0.3, 0.4) is 0 Å². The van der Waals surface area contributed by atoms with Gasteiger partial charge < -0.3 is 24.8 Å². The molecule has 4 rings (SSSR count). The summed E-state index contributed by atoms with van der Waals surface area (Å²) in [5, 5.41) is 30.1. The highest BCUT2D eigenvalue weighted by Crippen LogP contribution is 2.55. The fraction of sp³-hybridized carbons (Fsp3) is 0.321. The van der Waals surface area contributed by atoms with Gasteiger partial charge in [0, 0.05) is 11.1 Å². The molecule has 0 amide bonds. The van der Waals surface area contributed by atoms with Gasteiger partial charge in [-0.3, -0.25) is 4.79 Å². The van der Waals surface area contributed by atoms with Crippen molar-refractivity contribution in [2.45, 2.75) is 45.0 Å².